The molecule has 18 heavy (non-hydrogen) atoms. The van der Waals surface area contributed by atoms with Crippen molar-refractivity contribution in [3.05, 3.63) is 0 Å². The number of rotatable bonds is 5. The Morgan fingerprint density at radius 3 is 2.61 bits per heavy atom. The van der Waals surface area contributed by atoms with Crippen molar-refractivity contribution in [2.24, 2.45) is 5.92 Å². The lowest BCUT2D eigenvalue weighted by molar-refractivity contribution is -0.130. The third-order valence-electron chi connectivity index (χ3n) is 4.35. The molecule has 2 aliphatic rings. The summed E-state index contributed by atoms with van der Waals surface area (Å²) in [6.07, 6.45) is 7.18. The van der Waals surface area contributed by atoms with E-state index in [1.165, 1.54) is 19.3 Å². The van der Waals surface area contributed by atoms with Crippen molar-refractivity contribution in [3.8, 4) is 0 Å². The van der Waals surface area contributed by atoms with E-state index in [1.54, 1.807) is 0 Å². The van der Waals surface area contributed by atoms with Gasteiger partial charge in [-0.3, -0.25) is 10.1 Å². The molecule has 1 saturated carbocycles. The van der Waals surface area contributed by atoms with Crippen LogP contribution in [0.15, 0.2) is 0 Å². The molecule has 0 bridgehead atoms. The third-order valence-corrected chi connectivity index (χ3v) is 5.76. The number of nitrogens with one attached hydrogen (secondary N) is 1. The SMILES string of the molecule is CSC1(CN2C(=O)C(CC(C)C)NC2C)CCC1. The van der Waals surface area contributed by atoms with E-state index in [9.17, 15) is 4.79 Å². The Hall–Kier alpha value is -0.220. The smallest absolute Gasteiger partial charge is 0.241 e. The van der Waals surface area contributed by atoms with Crippen LogP contribution < -0.4 is 5.32 Å². The van der Waals surface area contributed by atoms with Crippen LogP contribution in [-0.2, 0) is 4.79 Å². The molecule has 2 rings (SSSR count). The largest absolute Gasteiger partial charge is 0.325 e. The average Bonchev–Trinajstić information content (AvgIpc) is 2.49. The Kier molecular flexibility index (Phi) is 4.27. The zero-order valence-electron chi connectivity index (χ0n) is 12.0. The fourth-order valence-electron chi connectivity index (χ4n) is 3.01. The molecule has 0 aromatic rings. The molecule has 3 nitrogen and oxygen atoms in total. The molecule has 1 heterocycles. The normalized spacial score (nSPS) is 30.9. The van der Waals surface area contributed by atoms with Crippen LogP contribution in [0.2, 0.25) is 0 Å². The van der Waals surface area contributed by atoms with Crippen molar-refractivity contribution in [1.29, 1.82) is 0 Å². The molecular weight excluding hydrogens is 244 g/mol. The number of carbonyl (C=O) groups excluding carboxylic acids is 1. The van der Waals surface area contributed by atoms with Crippen LogP contribution in [-0.4, -0.2) is 40.6 Å². The Labute approximate surface area is 115 Å². The van der Waals surface area contributed by atoms with Crippen LogP contribution in [0.25, 0.3) is 0 Å². The Balaban J connectivity index is 1.98. The van der Waals surface area contributed by atoms with Crippen LogP contribution in [0.4, 0.5) is 0 Å². The van der Waals surface area contributed by atoms with Gasteiger partial charge < -0.3 is 4.90 Å². The first-order valence-corrected chi connectivity index (χ1v) is 8.31. The molecule has 2 atom stereocenters. The summed E-state index contributed by atoms with van der Waals surface area (Å²) in [6, 6.07) is 0.0407. The highest BCUT2D eigenvalue weighted by molar-refractivity contribution is 8.00. The lowest BCUT2D eigenvalue weighted by Gasteiger charge is -2.43. The second kappa shape index (κ2) is 5.41. The molecule has 2 fully saturated rings. The second-order valence-corrected chi connectivity index (χ2v) is 7.51. The number of hydrogen-bond acceptors (Lipinski definition) is 3. The van der Waals surface area contributed by atoms with Gasteiger partial charge in [-0.15, -0.1) is 0 Å². The van der Waals surface area contributed by atoms with Gasteiger partial charge in [0.25, 0.3) is 0 Å². The molecule has 1 amide bonds. The van der Waals surface area contributed by atoms with Crippen molar-refractivity contribution in [2.45, 2.75) is 63.4 Å². The summed E-state index contributed by atoms with van der Waals surface area (Å²) in [5.74, 6) is 0.883. The molecular formula is C14H26N2OS. The fourth-order valence-corrected chi connectivity index (χ4v) is 3.97. The number of hydrogen-bond donors (Lipinski definition) is 1. The minimum atomic E-state index is 0.0407. The molecule has 0 aromatic heterocycles. The molecule has 0 aromatic carbocycles. The van der Waals surface area contributed by atoms with Gasteiger partial charge in [0, 0.05) is 11.3 Å². The highest BCUT2D eigenvalue weighted by Gasteiger charge is 2.44. The van der Waals surface area contributed by atoms with Gasteiger partial charge in [0.05, 0.1) is 12.2 Å². The molecule has 1 aliphatic heterocycles. The summed E-state index contributed by atoms with van der Waals surface area (Å²) < 4.78 is 0.346. The highest BCUT2D eigenvalue weighted by atomic mass is 32.2. The third kappa shape index (κ3) is 2.69. The Morgan fingerprint density at radius 2 is 2.17 bits per heavy atom. The molecule has 0 spiro atoms. The van der Waals surface area contributed by atoms with E-state index in [-0.39, 0.29) is 12.2 Å². The molecule has 1 N–H and O–H groups in total. The van der Waals surface area contributed by atoms with E-state index in [0.29, 0.717) is 16.6 Å². The van der Waals surface area contributed by atoms with Gasteiger partial charge in [-0.2, -0.15) is 11.8 Å². The Morgan fingerprint density at radius 1 is 1.50 bits per heavy atom. The molecule has 1 aliphatic carbocycles. The zero-order chi connectivity index (χ0) is 13.3. The molecule has 2 unspecified atom stereocenters. The molecule has 1 saturated heterocycles. The first-order valence-electron chi connectivity index (χ1n) is 7.09. The van der Waals surface area contributed by atoms with Crippen molar-refractivity contribution in [2.75, 3.05) is 12.8 Å². The Bertz CT molecular complexity index is 309. The van der Waals surface area contributed by atoms with Gasteiger partial charge in [-0.1, -0.05) is 20.3 Å². The van der Waals surface area contributed by atoms with Crippen LogP contribution in [0.5, 0.6) is 0 Å². The summed E-state index contributed by atoms with van der Waals surface area (Å²) in [5, 5.41) is 3.45. The summed E-state index contributed by atoms with van der Waals surface area (Å²) in [7, 11) is 0. The van der Waals surface area contributed by atoms with Gasteiger partial charge in [-0.05, 0) is 38.4 Å². The summed E-state index contributed by atoms with van der Waals surface area (Å²) in [6.45, 7) is 7.40. The van der Waals surface area contributed by atoms with Crippen molar-refractivity contribution >= 4 is 17.7 Å². The number of amides is 1. The van der Waals surface area contributed by atoms with E-state index in [2.05, 4.69) is 37.2 Å². The molecule has 0 radical (unpaired) electrons. The van der Waals surface area contributed by atoms with Crippen LogP contribution in [0, 0.1) is 5.92 Å². The quantitative estimate of drug-likeness (QED) is 0.833. The van der Waals surface area contributed by atoms with Crippen molar-refractivity contribution < 1.29 is 4.79 Å². The van der Waals surface area contributed by atoms with Gasteiger partial charge in [0.2, 0.25) is 5.91 Å². The molecule has 104 valence electrons. The van der Waals surface area contributed by atoms with Crippen LogP contribution >= 0.6 is 11.8 Å². The predicted molar refractivity (Wildman–Crippen MR) is 77.7 cm³/mol. The van der Waals surface area contributed by atoms with Gasteiger partial charge >= 0.3 is 0 Å². The second-order valence-electron chi connectivity index (χ2n) is 6.23. The van der Waals surface area contributed by atoms with Crippen LogP contribution in [0.3, 0.4) is 0 Å². The van der Waals surface area contributed by atoms with Gasteiger partial charge in [0.1, 0.15) is 0 Å². The maximum atomic E-state index is 12.4. The summed E-state index contributed by atoms with van der Waals surface area (Å²) >= 11 is 1.94. The van der Waals surface area contributed by atoms with E-state index in [0.717, 1.165) is 13.0 Å². The maximum Gasteiger partial charge on any atom is 0.241 e. The summed E-state index contributed by atoms with van der Waals surface area (Å²) in [5.41, 5.74) is 0. The van der Waals surface area contributed by atoms with Gasteiger partial charge in [-0.25, -0.2) is 0 Å². The molecule has 4 heteroatoms. The van der Waals surface area contributed by atoms with E-state index >= 15 is 0 Å². The standard InChI is InChI=1S/C14H26N2OS/c1-10(2)8-12-13(17)16(11(3)15-12)9-14(18-4)6-5-7-14/h10-12,15H,5-9H2,1-4H3. The van der Waals surface area contributed by atoms with E-state index in [4.69, 9.17) is 0 Å². The predicted octanol–water partition coefficient (Wildman–Crippen LogP) is 2.46. The average molecular weight is 270 g/mol. The van der Waals surface area contributed by atoms with Crippen molar-refractivity contribution in [3.63, 3.8) is 0 Å². The highest BCUT2D eigenvalue weighted by Crippen LogP contribution is 2.44. The lowest BCUT2D eigenvalue weighted by atomic mass is 9.83. The van der Waals surface area contributed by atoms with Crippen LogP contribution in [0.1, 0.15) is 46.5 Å². The number of thioether (sulfide) groups is 1. The van der Waals surface area contributed by atoms with Crippen molar-refractivity contribution in [1.82, 2.24) is 10.2 Å². The number of nitrogens with zero attached hydrogens (tertiary/aromatic N) is 1. The van der Waals surface area contributed by atoms with E-state index < -0.39 is 0 Å². The number of carbonyl (C=O) groups is 1. The van der Waals surface area contributed by atoms with E-state index in [1.807, 2.05) is 11.8 Å². The minimum Gasteiger partial charge on any atom is -0.325 e. The first-order chi connectivity index (χ1) is 8.47. The maximum absolute atomic E-state index is 12.4. The van der Waals surface area contributed by atoms with Gasteiger partial charge in [0.15, 0.2) is 0 Å². The zero-order valence-corrected chi connectivity index (χ0v) is 12.8. The fraction of sp³-hybridized carbons (Fsp3) is 0.929. The topological polar surface area (TPSA) is 32.3 Å². The first kappa shape index (κ1) is 14.2. The monoisotopic (exact) mass is 270 g/mol. The lowest BCUT2D eigenvalue weighted by Crippen LogP contribution is -2.49. The minimum absolute atomic E-state index is 0.0407. The summed E-state index contributed by atoms with van der Waals surface area (Å²) in [4.78, 5) is 14.5.